The Bertz CT molecular complexity index is 697. The second-order valence-corrected chi connectivity index (χ2v) is 7.68. The van der Waals surface area contributed by atoms with Gasteiger partial charge in [0.1, 0.15) is 0 Å². The number of nitrogens with one attached hydrogen (secondary N) is 2. The number of benzene rings is 1. The molecule has 6 nitrogen and oxygen atoms in total. The van der Waals surface area contributed by atoms with Crippen LogP contribution in [-0.4, -0.2) is 28.9 Å². The fourth-order valence-corrected chi connectivity index (χ4v) is 4.27. The number of carboxylic acids is 1. The fourth-order valence-electron chi connectivity index (χ4n) is 4.27. The van der Waals surface area contributed by atoms with Gasteiger partial charge in [-0.25, -0.2) is 0 Å². The number of carbonyl (C=O) groups is 3. The number of rotatable bonds is 5. The lowest BCUT2D eigenvalue weighted by Gasteiger charge is -2.28. The average molecular weight is 372 g/mol. The molecule has 6 heteroatoms. The molecule has 3 N–H and O–H groups in total. The smallest absolute Gasteiger partial charge is 0.307 e. The van der Waals surface area contributed by atoms with Crippen molar-refractivity contribution < 1.29 is 19.5 Å². The molecule has 0 aliphatic heterocycles. The van der Waals surface area contributed by atoms with Crippen molar-refractivity contribution in [3.05, 3.63) is 29.8 Å². The van der Waals surface area contributed by atoms with Gasteiger partial charge in [0.25, 0.3) is 5.91 Å². The third kappa shape index (κ3) is 4.87. The summed E-state index contributed by atoms with van der Waals surface area (Å²) < 4.78 is 0. The van der Waals surface area contributed by atoms with Crippen molar-refractivity contribution in [2.24, 2.45) is 11.8 Å². The van der Waals surface area contributed by atoms with Crippen molar-refractivity contribution in [2.45, 2.75) is 63.8 Å². The van der Waals surface area contributed by atoms with Crippen LogP contribution in [0.2, 0.25) is 0 Å². The van der Waals surface area contributed by atoms with E-state index in [1.165, 1.54) is 6.42 Å². The summed E-state index contributed by atoms with van der Waals surface area (Å²) in [4.78, 5) is 36.9. The highest BCUT2D eigenvalue weighted by Crippen LogP contribution is 2.31. The van der Waals surface area contributed by atoms with E-state index in [-0.39, 0.29) is 17.9 Å². The van der Waals surface area contributed by atoms with Crippen LogP contribution in [0.1, 0.15) is 68.1 Å². The third-order valence-electron chi connectivity index (χ3n) is 5.79. The highest BCUT2D eigenvalue weighted by Gasteiger charge is 2.36. The maximum absolute atomic E-state index is 12.7. The van der Waals surface area contributed by atoms with E-state index in [1.54, 1.807) is 24.3 Å². The summed E-state index contributed by atoms with van der Waals surface area (Å²) in [5.41, 5.74) is 0.879. The van der Waals surface area contributed by atoms with Crippen molar-refractivity contribution in [1.29, 1.82) is 0 Å². The molecule has 2 atom stereocenters. The van der Waals surface area contributed by atoms with Gasteiger partial charge in [-0.1, -0.05) is 44.2 Å². The largest absolute Gasteiger partial charge is 0.481 e. The summed E-state index contributed by atoms with van der Waals surface area (Å²) >= 11 is 0. The normalized spacial score (nSPS) is 23.4. The summed E-state index contributed by atoms with van der Waals surface area (Å²) in [7, 11) is 0. The molecule has 27 heavy (non-hydrogen) atoms. The first-order valence-corrected chi connectivity index (χ1v) is 10.00. The van der Waals surface area contributed by atoms with Gasteiger partial charge in [-0.15, -0.1) is 0 Å². The van der Waals surface area contributed by atoms with E-state index in [2.05, 4.69) is 10.6 Å². The van der Waals surface area contributed by atoms with Crippen molar-refractivity contribution >= 4 is 23.5 Å². The van der Waals surface area contributed by atoms with E-state index in [4.69, 9.17) is 0 Å². The minimum atomic E-state index is -0.918. The van der Waals surface area contributed by atoms with E-state index < -0.39 is 17.8 Å². The van der Waals surface area contributed by atoms with Crippen LogP contribution in [0.25, 0.3) is 0 Å². The monoisotopic (exact) mass is 372 g/mol. The van der Waals surface area contributed by atoms with Gasteiger partial charge in [-0.3, -0.25) is 14.4 Å². The Morgan fingerprint density at radius 2 is 1.48 bits per heavy atom. The van der Waals surface area contributed by atoms with E-state index in [9.17, 15) is 19.5 Å². The zero-order valence-electron chi connectivity index (χ0n) is 15.6. The minimum absolute atomic E-state index is 0.184. The number of anilines is 1. The first kappa shape index (κ1) is 19.4. The van der Waals surface area contributed by atoms with Crippen molar-refractivity contribution in [2.75, 3.05) is 5.32 Å². The van der Waals surface area contributed by atoms with Crippen LogP contribution in [0.3, 0.4) is 0 Å². The maximum atomic E-state index is 12.7. The highest BCUT2D eigenvalue weighted by molar-refractivity contribution is 6.04. The van der Waals surface area contributed by atoms with Gasteiger partial charge in [-0.05, 0) is 37.8 Å². The second kappa shape index (κ2) is 9.02. The standard InChI is InChI=1S/C21H28N2O4/c24-19(15-10-4-5-11-16(15)21(26)27)23-18-13-7-6-12-17(18)20(25)22-14-8-2-1-3-9-14/h6-7,12-16H,1-5,8-11H2,(H,22,25)(H,23,24)(H,26,27)/t15-,16+/m0/s1. The maximum Gasteiger partial charge on any atom is 0.307 e. The SMILES string of the molecule is O=C(NC1CCCCC1)c1ccccc1NC(=O)[C@H]1CCCC[C@H]1C(=O)O. The number of carbonyl (C=O) groups excluding carboxylic acids is 2. The van der Waals surface area contributed by atoms with E-state index in [0.29, 0.717) is 24.1 Å². The van der Waals surface area contributed by atoms with Crippen LogP contribution in [0.15, 0.2) is 24.3 Å². The molecule has 0 spiro atoms. The van der Waals surface area contributed by atoms with Gasteiger partial charge in [0, 0.05) is 6.04 Å². The molecule has 2 aliphatic carbocycles. The van der Waals surface area contributed by atoms with Crippen molar-refractivity contribution in [1.82, 2.24) is 5.32 Å². The summed E-state index contributed by atoms with van der Waals surface area (Å²) in [6.45, 7) is 0. The quantitative estimate of drug-likeness (QED) is 0.736. The summed E-state index contributed by atoms with van der Waals surface area (Å²) in [5.74, 6) is -2.61. The Hall–Kier alpha value is -2.37. The number of amides is 2. The molecule has 2 fully saturated rings. The number of hydrogen-bond donors (Lipinski definition) is 3. The number of hydrogen-bond acceptors (Lipinski definition) is 3. The van der Waals surface area contributed by atoms with Gasteiger partial charge < -0.3 is 15.7 Å². The summed E-state index contributed by atoms with van der Waals surface area (Å²) in [6.07, 6.45) is 8.23. The van der Waals surface area contributed by atoms with Gasteiger partial charge in [0.2, 0.25) is 5.91 Å². The number of aliphatic carboxylic acids is 1. The van der Waals surface area contributed by atoms with Crippen LogP contribution in [0, 0.1) is 11.8 Å². The number of para-hydroxylation sites is 1. The Kier molecular flexibility index (Phi) is 6.48. The Morgan fingerprint density at radius 3 is 2.19 bits per heavy atom. The molecule has 0 saturated heterocycles. The minimum Gasteiger partial charge on any atom is -0.481 e. The molecule has 146 valence electrons. The molecule has 2 amide bonds. The fraction of sp³-hybridized carbons (Fsp3) is 0.571. The molecule has 1 aromatic rings. The Balaban J connectivity index is 1.70. The summed E-state index contributed by atoms with van der Waals surface area (Å²) in [5, 5.41) is 15.3. The molecule has 0 radical (unpaired) electrons. The molecule has 0 unspecified atom stereocenters. The first-order valence-electron chi connectivity index (χ1n) is 10.00. The van der Waals surface area contributed by atoms with Crippen LogP contribution in [-0.2, 0) is 9.59 Å². The molecule has 0 heterocycles. The predicted molar refractivity (Wildman–Crippen MR) is 102 cm³/mol. The lowest BCUT2D eigenvalue weighted by atomic mass is 9.78. The van der Waals surface area contributed by atoms with Gasteiger partial charge in [-0.2, -0.15) is 0 Å². The highest BCUT2D eigenvalue weighted by atomic mass is 16.4. The number of carboxylic acid groups (broad SMARTS) is 1. The Labute approximate surface area is 159 Å². The van der Waals surface area contributed by atoms with Crippen molar-refractivity contribution in [3.63, 3.8) is 0 Å². The van der Waals surface area contributed by atoms with E-state index in [1.807, 2.05) is 0 Å². The molecular weight excluding hydrogens is 344 g/mol. The second-order valence-electron chi connectivity index (χ2n) is 7.68. The zero-order valence-corrected chi connectivity index (χ0v) is 15.6. The Morgan fingerprint density at radius 1 is 0.852 bits per heavy atom. The van der Waals surface area contributed by atoms with Gasteiger partial charge >= 0.3 is 5.97 Å². The van der Waals surface area contributed by atoms with Crippen LogP contribution >= 0.6 is 0 Å². The first-order chi connectivity index (χ1) is 13.1. The lowest BCUT2D eigenvalue weighted by molar-refractivity contribution is -0.147. The topological polar surface area (TPSA) is 95.5 Å². The van der Waals surface area contributed by atoms with Crippen LogP contribution < -0.4 is 10.6 Å². The van der Waals surface area contributed by atoms with E-state index in [0.717, 1.165) is 38.5 Å². The van der Waals surface area contributed by atoms with E-state index >= 15 is 0 Å². The molecule has 0 aromatic heterocycles. The van der Waals surface area contributed by atoms with Crippen LogP contribution in [0.4, 0.5) is 5.69 Å². The van der Waals surface area contributed by atoms with Crippen molar-refractivity contribution in [3.8, 4) is 0 Å². The predicted octanol–water partition coefficient (Wildman–Crippen LogP) is 3.58. The molecule has 1 aromatic carbocycles. The molecular formula is C21H28N2O4. The molecule has 2 aliphatic rings. The lowest BCUT2D eigenvalue weighted by Crippen LogP contribution is -2.38. The average Bonchev–Trinajstić information content (AvgIpc) is 2.69. The van der Waals surface area contributed by atoms with Crippen LogP contribution in [0.5, 0.6) is 0 Å². The summed E-state index contributed by atoms with van der Waals surface area (Å²) in [6, 6.07) is 7.12. The molecule has 0 bridgehead atoms. The zero-order chi connectivity index (χ0) is 19.2. The third-order valence-corrected chi connectivity index (χ3v) is 5.79. The molecule has 3 rings (SSSR count). The van der Waals surface area contributed by atoms with Gasteiger partial charge in [0.05, 0.1) is 23.1 Å². The van der Waals surface area contributed by atoms with Gasteiger partial charge in [0.15, 0.2) is 0 Å². The molecule has 2 saturated carbocycles.